The van der Waals surface area contributed by atoms with E-state index in [1.54, 1.807) is 17.5 Å². The molecule has 0 fully saturated rings. The second-order valence-electron chi connectivity index (χ2n) is 5.06. The molecule has 3 heterocycles. The molecule has 3 rings (SSSR count). The van der Waals surface area contributed by atoms with Crippen LogP contribution in [0.1, 0.15) is 25.1 Å². The summed E-state index contributed by atoms with van der Waals surface area (Å²) in [5.41, 5.74) is 2.10. The van der Waals surface area contributed by atoms with E-state index in [1.165, 1.54) is 0 Å². The van der Waals surface area contributed by atoms with Gasteiger partial charge < -0.3 is 10.1 Å². The number of thiazole rings is 1. The van der Waals surface area contributed by atoms with Crippen LogP contribution in [-0.4, -0.2) is 20.5 Å². The average molecular weight is 302 g/mol. The predicted molar refractivity (Wildman–Crippen MR) is 83.6 cm³/mol. The number of nitrogens with one attached hydrogen (secondary N) is 1. The molecular formula is C15H18N4OS. The Morgan fingerprint density at radius 1 is 1.38 bits per heavy atom. The van der Waals surface area contributed by atoms with Gasteiger partial charge in [-0.2, -0.15) is 0 Å². The first-order valence-electron chi connectivity index (χ1n) is 6.94. The summed E-state index contributed by atoms with van der Waals surface area (Å²) in [6.45, 7) is 5.44. The molecule has 0 aliphatic carbocycles. The third-order valence-electron chi connectivity index (χ3n) is 2.96. The Morgan fingerprint density at radius 2 is 2.29 bits per heavy atom. The number of fused-ring (bicyclic) bond motifs is 1. The summed E-state index contributed by atoms with van der Waals surface area (Å²) in [6.07, 6.45) is 5.95. The monoisotopic (exact) mass is 302 g/mol. The van der Waals surface area contributed by atoms with E-state index in [0.29, 0.717) is 12.4 Å². The third-order valence-corrected chi connectivity index (χ3v) is 3.73. The maximum atomic E-state index is 5.71. The van der Waals surface area contributed by atoms with Gasteiger partial charge >= 0.3 is 0 Å². The van der Waals surface area contributed by atoms with E-state index in [1.807, 2.05) is 48.2 Å². The summed E-state index contributed by atoms with van der Waals surface area (Å²) in [4.78, 5) is 9.86. The lowest BCUT2D eigenvalue weighted by Crippen LogP contribution is -2.16. The number of rotatable bonds is 6. The minimum Gasteiger partial charge on any atom is -0.475 e. The van der Waals surface area contributed by atoms with Gasteiger partial charge in [0.15, 0.2) is 4.96 Å². The van der Waals surface area contributed by atoms with E-state index < -0.39 is 0 Å². The fourth-order valence-electron chi connectivity index (χ4n) is 2.07. The van der Waals surface area contributed by atoms with Crippen LogP contribution in [0.15, 0.2) is 36.1 Å². The van der Waals surface area contributed by atoms with Crippen LogP contribution in [0.4, 0.5) is 0 Å². The lowest BCUT2D eigenvalue weighted by atomic mass is 10.2. The van der Waals surface area contributed by atoms with Crippen molar-refractivity contribution in [2.24, 2.45) is 0 Å². The first-order valence-corrected chi connectivity index (χ1v) is 7.82. The van der Waals surface area contributed by atoms with Crippen LogP contribution in [0.5, 0.6) is 5.88 Å². The molecule has 6 heteroatoms. The smallest absolute Gasteiger partial charge is 0.218 e. The number of aromatic nitrogens is 3. The van der Waals surface area contributed by atoms with Gasteiger partial charge in [0.2, 0.25) is 5.88 Å². The Labute approximate surface area is 127 Å². The summed E-state index contributed by atoms with van der Waals surface area (Å²) in [5.74, 6) is 0.700. The zero-order valence-electron chi connectivity index (χ0n) is 12.1. The van der Waals surface area contributed by atoms with Crippen molar-refractivity contribution >= 4 is 16.3 Å². The zero-order valence-corrected chi connectivity index (χ0v) is 12.9. The maximum absolute atomic E-state index is 5.71. The Morgan fingerprint density at radius 3 is 3.10 bits per heavy atom. The molecule has 0 spiro atoms. The van der Waals surface area contributed by atoms with Crippen LogP contribution < -0.4 is 10.1 Å². The Bertz CT molecular complexity index is 691. The van der Waals surface area contributed by atoms with Crippen molar-refractivity contribution in [2.45, 2.75) is 33.0 Å². The van der Waals surface area contributed by atoms with Crippen LogP contribution in [0.25, 0.3) is 4.96 Å². The van der Waals surface area contributed by atoms with Crippen LogP contribution in [0, 0.1) is 0 Å². The molecule has 0 atom stereocenters. The lowest BCUT2D eigenvalue weighted by molar-refractivity contribution is 0.229. The molecule has 0 saturated carbocycles. The standard InChI is InChI=1S/C15H18N4OS/c1-11(2)20-14-12(4-3-5-17-14)8-16-9-13-10-19-6-7-21-15(19)18-13/h3-7,10-11,16H,8-9H2,1-2H3. The largest absolute Gasteiger partial charge is 0.475 e. The van der Waals surface area contributed by atoms with E-state index in [2.05, 4.69) is 15.3 Å². The van der Waals surface area contributed by atoms with Crippen molar-refractivity contribution in [1.29, 1.82) is 0 Å². The number of ether oxygens (including phenoxy) is 1. The van der Waals surface area contributed by atoms with Gasteiger partial charge in [0.1, 0.15) is 0 Å². The Hall–Kier alpha value is -1.92. The van der Waals surface area contributed by atoms with Gasteiger partial charge in [0.25, 0.3) is 0 Å². The van der Waals surface area contributed by atoms with E-state index >= 15 is 0 Å². The average Bonchev–Trinajstić information content (AvgIpc) is 3.01. The van der Waals surface area contributed by atoms with Crippen LogP contribution in [0.3, 0.4) is 0 Å². The van der Waals surface area contributed by atoms with Gasteiger partial charge in [-0.25, -0.2) is 9.97 Å². The van der Waals surface area contributed by atoms with Crippen LogP contribution >= 0.6 is 11.3 Å². The molecule has 0 amide bonds. The zero-order chi connectivity index (χ0) is 14.7. The molecule has 110 valence electrons. The molecule has 3 aromatic rings. The van der Waals surface area contributed by atoms with E-state index in [4.69, 9.17) is 4.74 Å². The van der Waals surface area contributed by atoms with Crippen molar-refractivity contribution in [2.75, 3.05) is 0 Å². The van der Waals surface area contributed by atoms with Gasteiger partial charge in [0.05, 0.1) is 11.8 Å². The molecule has 0 bridgehead atoms. The first-order chi connectivity index (χ1) is 10.2. The van der Waals surface area contributed by atoms with E-state index in [9.17, 15) is 0 Å². The predicted octanol–water partition coefficient (Wildman–Crippen LogP) is 2.87. The molecule has 1 N–H and O–H groups in total. The van der Waals surface area contributed by atoms with E-state index in [0.717, 1.165) is 22.8 Å². The van der Waals surface area contributed by atoms with Gasteiger partial charge in [-0.1, -0.05) is 6.07 Å². The highest BCUT2D eigenvalue weighted by Crippen LogP contribution is 2.16. The minimum absolute atomic E-state index is 0.124. The van der Waals surface area contributed by atoms with Crippen molar-refractivity contribution < 1.29 is 4.74 Å². The minimum atomic E-state index is 0.124. The quantitative estimate of drug-likeness (QED) is 0.761. The fourth-order valence-corrected chi connectivity index (χ4v) is 2.79. The van der Waals surface area contributed by atoms with Crippen molar-refractivity contribution in [3.05, 3.63) is 47.4 Å². The third kappa shape index (κ3) is 3.40. The van der Waals surface area contributed by atoms with Crippen LogP contribution in [-0.2, 0) is 13.1 Å². The number of nitrogens with zero attached hydrogens (tertiary/aromatic N) is 3. The lowest BCUT2D eigenvalue weighted by Gasteiger charge is -2.12. The highest BCUT2D eigenvalue weighted by atomic mass is 32.1. The molecule has 0 aliphatic heterocycles. The van der Waals surface area contributed by atoms with Gasteiger partial charge in [-0.3, -0.25) is 4.40 Å². The Balaban J connectivity index is 1.61. The fraction of sp³-hybridized carbons (Fsp3) is 0.333. The number of hydrogen-bond acceptors (Lipinski definition) is 5. The molecule has 21 heavy (non-hydrogen) atoms. The van der Waals surface area contributed by atoms with E-state index in [-0.39, 0.29) is 6.10 Å². The van der Waals surface area contributed by atoms with Gasteiger partial charge in [-0.15, -0.1) is 11.3 Å². The maximum Gasteiger partial charge on any atom is 0.218 e. The van der Waals surface area contributed by atoms with Crippen molar-refractivity contribution in [3.8, 4) is 5.88 Å². The highest BCUT2D eigenvalue weighted by Gasteiger charge is 2.07. The number of imidazole rings is 1. The molecule has 0 unspecified atom stereocenters. The van der Waals surface area contributed by atoms with Gasteiger partial charge in [0, 0.05) is 42.6 Å². The summed E-state index contributed by atoms with van der Waals surface area (Å²) in [5, 5.41) is 5.42. The Kier molecular flexibility index (Phi) is 4.17. The summed E-state index contributed by atoms with van der Waals surface area (Å²) < 4.78 is 7.76. The van der Waals surface area contributed by atoms with Crippen molar-refractivity contribution in [3.63, 3.8) is 0 Å². The van der Waals surface area contributed by atoms with Crippen LogP contribution in [0.2, 0.25) is 0 Å². The topological polar surface area (TPSA) is 51.5 Å². The van der Waals surface area contributed by atoms with Crippen molar-refractivity contribution in [1.82, 2.24) is 19.7 Å². The molecule has 5 nitrogen and oxygen atoms in total. The molecule has 3 aromatic heterocycles. The summed E-state index contributed by atoms with van der Waals surface area (Å²) in [7, 11) is 0. The second kappa shape index (κ2) is 6.24. The SMILES string of the molecule is CC(C)Oc1ncccc1CNCc1cn2ccsc2n1. The number of hydrogen-bond donors (Lipinski definition) is 1. The highest BCUT2D eigenvalue weighted by molar-refractivity contribution is 7.15. The molecule has 0 aliphatic rings. The summed E-state index contributed by atoms with van der Waals surface area (Å²) in [6, 6.07) is 3.96. The van der Waals surface area contributed by atoms with Gasteiger partial charge in [-0.05, 0) is 19.9 Å². The second-order valence-corrected chi connectivity index (χ2v) is 5.94. The molecular weight excluding hydrogens is 284 g/mol. The molecule has 0 aromatic carbocycles. The molecule has 0 saturated heterocycles. The first kappa shape index (κ1) is 14.0. The molecule has 0 radical (unpaired) electrons. The number of pyridine rings is 1. The summed E-state index contributed by atoms with van der Waals surface area (Å²) >= 11 is 1.64. The normalized spacial score (nSPS) is 11.4.